The quantitative estimate of drug-likeness (QED) is 0.679. The van der Waals surface area contributed by atoms with E-state index in [0.717, 1.165) is 4.88 Å². The van der Waals surface area contributed by atoms with Crippen molar-refractivity contribution in [1.29, 1.82) is 5.26 Å². The molecule has 0 aliphatic heterocycles. The first-order valence-corrected chi connectivity index (χ1v) is 4.68. The number of carbonyl (C=O) groups is 1. The van der Waals surface area contributed by atoms with Crippen LogP contribution in [0.1, 0.15) is 27.0 Å². The number of nitriles is 1. The van der Waals surface area contributed by atoms with Crippen LogP contribution in [0.15, 0.2) is 6.07 Å². The lowest BCUT2D eigenvalue weighted by Gasteiger charge is -1.98. The minimum Gasteiger partial charge on any atom is -0.462 e. The van der Waals surface area contributed by atoms with Crippen LogP contribution in [-0.2, 0) is 4.74 Å². The third-order valence-corrected chi connectivity index (χ3v) is 2.48. The molecule has 0 amide bonds. The van der Waals surface area contributed by atoms with Crippen molar-refractivity contribution in [2.75, 3.05) is 6.61 Å². The molecule has 13 heavy (non-hydrogen) atoms. The second-order valence-electron chi connectivity index (χ2n) is 2.41. The Labute approximate surface area is 80.6 Å². The summed E-state index contributed by atoms with van der Waals surface area (Å²) in [5.41, 5.74) is 0.503. The van der Waals surface area contributed by atoms with Gasteiger partial charge >= 0.3 is 5.97 Å². The number of carbonyl (C=O) groups excluding carboxylic acids is 1. The minimum absolute atomic E-state index is 0.349. The van der Waals surface area contributed by atoms with Crippen molar-refractivity contribution in [2.45, 2.75) is 13.8 Å². The number of aryl methyl sites for hydroxylation is 1. The Kier molecular flexibility index (Phi) is 3.04. The number of rotatable bonds is 2. The zero-order chi connectivity index (χ0) is 9.84. The normalized spacial score (nSPS) is 9.31. The summed E-state index contributed by atoms with van der Waals surface area (Å²) in [5.74, 6) is -0.349. The molecule has 68 valence electrons. The molecule has 1 aromatic rings. The van der Waals surface area contributed by atoms with Gasteiger partial charge in [0.2, 0.25) is 0 Å². The Hall–Kier alpha value is -1.34. The summed E-state index contributed by atoms with van der Waals surface area (Å²) in [6, 6.07) is 3.56. The molecule has 1 heterocycles. The molecule has 4 heteroatoms. The summed E-state index contributed by atoms with van der Waals surface area (Å²) in [6.45, 7) is 3.92. The topological polar surface area (TPSA) is 50.1 Å². The minimum atomic E-state index is -0.349. The van der Waals surface area contributed by atoms with Gasteiger partial charge in [-0.15, -0.1) is 11.3 Å². The zero-order valence-electron chi connectivity index (χ0n) is 7.46. The highest BCUT2D eigenvalue weighted by molar-refractivity contribution is 7.12. The Bertz CT molecular complexity index is 362. The first-order valence-electron chi connectivity index (χ1n) is 3.86. The molecule has 0 fully saturated rings. The molecule has 0 aliphatic carbocycles. The van der Waals surface area contributed by atoms with Crippen LogP contribution in [0.2, 0.25) is 0 Å². The highest BCUT2D eigenvalue weighted by Crippen LogP contribution is 2.21. The van der Waals surface area contributed by atoms with E-state index in [2.05, 4.69) is 0 Å². The molecule has 1 rings (SSSR count). The molecule has 0 unspecified atom stereocenters. The van der Waals surface area contributed by atoms with E-state index in [1.54, 1.807) is 19.9 Å². The molecule has 0 radical (unpaired) electrons. The standard InChI is InChI=1S/C9H9NO2S/c1-3-12-9(11)8-4-7(5-10)13-6(8)2/h4H,3H2,1-2H3. The van der Waals surface area contributed by atoms with Crippen LogP contribution < -0.4 is 0 Å². The van der Waals surface area contributed by atoms with Crippen LogP contribution in [-0.4, -0.2) is 12.6 Å². The maximum atomic E-state index is 11.3. The van der Waals surface area contributed by atoms with E-state index in [9.17, 15) is 4.79 Å². The summed E-state index contributed by atoms with van der Waals surface area (Å²) in [4.78, 5) is 12.6. The van der Waals surface area contributed by atoms with Crippen LogP contribution >= 0.6 is 11.3 Å². The highest BCUT2D eigenvalue weighted by atomic mass is 32.1. The summed E-state index contributed by atoms with van der Waals surface area (Å²) in [5, 5.41) is 8.60. The van der Waals surface area contributed by atoms with Crippen LogP contribution in [0, 0.1) is 18.3 Å². The van der Waals surface area contributed by atoms with Gasteiger partial charge in [-0.2, -0.15) is 5.26 Å². The fraction of sp³-hybridized carbons (Fsp3) is 0.333. The second kappa shape index (κ2) is 4.06. The van der Waals surface area contributed by atoms with E-state index < -0.39 is 0 Å². The van der Waals surface area contributed by atoms with Gasteiger partial charge < -0.3 is 4.74 Å². The lowest BCUT2D eigenvalue weighted by molar-refractivity contribution is 0.0526. The Balaban J connectivity index is 2.95. The number of hydrogen-bond donors (Lipinski definition) is 0. The van der Waals surface area contributed by atoms with E-state index in [-0.39, 0.29) is 5.97 Å². The predicted octanol–water partition coefficient (Wildman–Crippen LogP) is 2.10. The van der Waals surface area contributed by atoms with Crippen molar-refractivity contribution < 1.29 is 9.53 Å². The Morgan fingerprint density at radius 3 is 2.92 bits per heavy atom. The van der Waals surface area contributed by atoms with Crippen LogP contribution in [0.5, 0.6) is 0 Å². The van der Waals surface area contributed by atoms with Gasteiger partial charge in [-0.3, -0.25) is 0 Å². The number of thiophene rings is 1. The monoisotopic (exact) mass is 195 g/mol. The maximum Gasteiger partial charge on any atom is 0.339 e. The van der Waals surface area contributed by atoms with Gasteiger partial charge in [0.05, 0.1) is 12.2 Å². The molecule has 0 atom stereocenters. The predicted molar refractivity (Wildman–Crippen MR) is 49.7 cm³/mol. The molecule has 0 saturated heterocycles. The van der Waals surface area contributed by atoms with Gasteiger partial charge in [-0.25, -0.2) is 4.79 Å². The number of ether oxygens (including phenoxy) is 1. The molecular weight excluding hydrogens is 186 g/mol. The SMILES string of the molecule is CCOC(=O)c1cc(C#N)sc1C. The average Bonchev–Trinajstić information content (AvgIpc) is 2.47. The fourth-order valence-electron chi connectivity index (χ4n) is 0.949. The van der Waals surface area contributed by atoms with Crippen molar-refractivity contribution in [2.24, 2.45) is 0 Å². The van der Waals surface area contributed by atoms with Gasteiger partial charge in [0.15, 0.2) is 0 Å². The number of esters is 1. The maximum absolute atomic E-state index is 11.3. The number of nitrogens with zero attached hydrogens (tertiary/aromatic N) is 1. The van der Waals surface area contributed by atoms with E-state index >= 15 is 0 Å². The molecule has 0 aromatic carbocycles. The molecule has 1 aromatic heterocycles. The second-order valence-corrected chi connectivity index (χ2v) is 3.67. The van der Waals surface area contributed by atoms with Gasteiger partial charge in [0, 0.05) is 4.88 Å². The van der Waals surface area contributed by atoms with Crippen molar-refractivity contribution in [3.63, 3.8) is 0 Å². The summed E-state index contributed by atoms with van der Waals surface area (Å²) >= 11 is 1.31. The lowest BCUT2D eigenvalue weighted by Crippen LogP contribution is -2.04. The van der Waals surface area contributed by atoms with Gasteiger partial charge in [-0.05, 0) is 19.9 Å². The molecule has 0 spiro atoms. The Morgan fingerprint density at radius 2 is 2.46 bits per heavy atom. The molecule has 0 bridgehead atoms. The smallest absolute Gasteiger partial charge is 0.339 e. The molecule has 0 N–H and O–H groups in total. The van der Waals surface area contributed by atoms with Crippen molar-refractivity contribution >= 4 is 17.3 Å². The van der Waals surface area contributed by atoms with E-state index in [1.165, 1.54) is 11.3 Å². The van der Waals surface area contributed by atoms with Crippen molar-refractivity contribution in [3.05, 3.63) is 21.4 Å². The molecule has 3 nitrogen and oxygen atoms in total. The average molecular weight is 195 g/mol. The van der Waals surface area contributed by atoms with E-state index in [4.69, 9.17) is 10.00 Å². The largest absolute Gasteiger partial charge is 0.462 e. The van der Waals surface area contributed by atoms with Crippen LogP contribution in [0.3, 0.4) is 0 Å². The van der Waals surface area contributed by atoms with Crippen LogP contribution in [0.4, 0.5) is 0 Å². The third kappa shape index (κ3) is 2.07. The molecule has 0 saturated carbocycles. The summed E-state index contributed by atoms with van der Waals surface area (Å²) in [6.07, 6.45) is 0. The summed E-state index contributed by atoms with van der Waals surface area (Å²) in [7, 11) is 0. The fourth-order valence-corrected chi connectivity index (χ4v) is 1.75. The third-order valence-electron chi connectivity index (χ3n) is 1.52. The highest BCUT2D eigenvalue weighted by Gasteiger charge is 2.13. The number of hydrogen-bond acceptors (Lipinski definition) is 4. The van der Waals surface area contributed by atoms with Gasteiger partial charge in [0.25, 0.3) is 0 Å². The molecular formula is C9H9NO2S. The first-order chi connectivity index (χ1) is 6.19. The van der Waals surface area contributed by atoms with Crippen molar-refractivity contribution in [1.82, 2.24) is 0 Å². The first kappa shape index (κ1) is 9.75. The van der Waals surface area contributed by atoms with Crippen LogP contribution in [0.25, 0.3) is 0 Å². The van der Waals surface area contributed by atoms with Gasteiger partial charge in [-0.1, -0.05) is 0 Å². The summed E-state index contributed by atoms with van der Waals surface area (Å²) < 4.78 is 4.82. The Morgan fingerprint density at radius 1 is 1.77 bits per heavy atom. The van der Waals surface area contributed by atoms with Crippen molar-refractivity contribution in [3.8, 4) is 6.07 Å². The van der Waals surface area contributed by atoms with E-state index in [0.29, 0.717) is 17.0 Å². The molecule has 0 aliphatic rings. The lowest BCUT2D eigenvalue weighted by atomic mass is 10.2. The van der Waals surface area contributed by atoms with E-state index in [1.807, 2.05) is 6.07 Å². The van der Waals surface area contributed by atoms with Gasteiger partial charge in [0.1, 0.15) is 10.9 Å². The zero-order valence-corrected chi connectivity index (χ0v) is 8.27.